The molecule has 6 nitrogen and oxygen atoms in total. The second-order valence-electron chi connectivity index (χ2n) is 19.5. The normalized spacial score (nSPS) is 13.0. The SMILES string of the molecule is CC/C=C\C/C=C\C/C=C\C/C=C\CCCCCCCCCCCCCCC(=O)OCC(COC(=O)CCCCCCC/C=C\C/C=C\CCC)OC(=O)CCCCCC/C=C\C/C=C\C/C=C\C/C=C\CC. The molecule has 0 N–H and O–H groups in total. The van der Waals surface area contributed by atoms with Gasteiger partial charge in [0.1, 0.15) is 13.2 Å². The zero-order valence-corrected chi connectivity index (χ0v) is 47.4. The van der Waals surface area contributed by atoms with E-state index in [1.807, 2.05) is 0 Å². The molecule has 0 bridgehead atoms. The van der Waals surface area contributed by atoms with Crippen molar-refractivity contribution in [1.29, 1.82) is 0 Å². The van der Waals surface area contributed by atoms with Crippen LogP contribution in [-0.4, -0.2) is 37.2 Å². The summed E-state index contributed by atoms with van der Waals surface area (Å²) in [5.41, 5.74) is 0. The van der Waals surface area contributed by atoms with Crippen LogP contribution in [0.1, 0.15) is 265 Å². The molecule has 1 atom stereocenters. The largest absolute Gasteiger partial charge is 0.462 e. The Balaban J connectivity index is 4.36. The molecule has 1 unspecified atom stereocenters. The van der Waals surface area contributed by atoms with E-state index >= 15 is 0 Å². The van der Waals surface area contributed by atoms with Crippen LogP contribution in [0.2, 0.25) is 0 Å². The smallest absolute Gasteiger partial charge is 0.306 e. The number of unbranched alkanes of at least 4 members (excludes halogenated alkanes) is 22. The molecule has 0 heterocycles. The predicted molar refractivity (Wildman–Crippen MR) is 316 cm³/mol. The van der Waals surface area contributed by atoms with Gasteiger partial charge in [0.2, 0.25) is 0 Å². The van der Waals surface area contributed by atoms with Crippen LogP contribution < -0.4 is 0 Å². The minimum atomic E-state index is -0.801. The fraction of sp³-hybridized carbons (Fsp3) is 0.657. The monoisotopic (exact) mass is 1010 g/mol. The van der Waals surface area contributed by atoms with E-state index in [0.717, 1.165) is 154 Å². The molecule has 0 spiro atoms. The molecular formula is C67H110O6. The van der Waals surface area contributed by atoms with Gasteiger partial charge < -0.3 is 14.2 Å². The van der Waals surface area contributed by atoms with Gasteiger partial charge in [-0.25, -0.2) is 0 Å². The fourth-order valence-electron chi connectivity index (χ4n) is 7.99. The average molecular weight is 1010 g/mol. The van der Waals surface area contributed by atoms with Gasteiger partial charge in [0.25, 0.3) is 0 Å². The number of ether oxygens (including phenoxy) is 3. The van der Waals surface area contributed by atoms with Gasteiger partial charge in [-0.3, -0.25) is 14.4 Å². The van der Waals surface area contributed by atoms with Crippen LogP contribution in [0, 0.1) is 0 Å². The van der Waals surface area contributed by atoms with Crippen molar-refractivity contribution in [3.63, 3.8) is 0 Å². The molecule has 0 aliphatic heterocycles. The van der Waals surface area contributed by atoms with Crippen LogP contribution in [-0.2, 0) is 28.6 Å². The Morgan fingerprint density at radius 1 is 0.288 bits per heavy atom. The Labute approximate surface area is 450 Å². The summed E-state index contributed by atoms with van der Waals surface area (Å²) in [7, 11) is 0. The summed E-state index contributed by atoms with van der Waals surface area (Å²) < 4.78 is 16.9. The lowest BCUT2D eigenvalue weighted by Crippen LogP contribution is -2.30. The summed E-state index contributed by atoms with van der Waals surface area (Å²) in [4.78, 5) is 38.2. The molecule has 0 aromatic heterocycles. The van der Waals surface area contributed by atoms with E-state index < -0.39 is 6.10 Å². The lowest BCUT2D eigenvalue weighted by atomic mass is 10.0. The van der Waals surface area contributed by atoms with Gasteiger partial charge >= 0.3 is 17.9 Å². The van der Waals surface area contributed by atoms with Crippen molar-refractivity contribution >= 4 is 17.9 Å². The molecule has 6 heteroatoms. The second kappa shape index (κ2) is 60.4. The summed E-state index contributed by atoms with van der Waals surface area (Å²) in [5.74, 6) is -0.936. The van der Waals surface area contributed by atoms with Crippen molar-refractivity contribution in [2.45, 2.75) is 271 Å². The highest BCUT2D eigenvalue weighted by Crippen LogP contribution is 2.15. The number of esters is 3. The lowest BCUT2D eigenvalue weighted by molar-refractivity contribution is -0.167. The number of carbonyl (C=O) groups is 3. The van der Waals surface area contributed by atoms with Crippen LogP contribution in [0.25, 0.3) is 0 Å². The molecular weight excluding hydrogens is 901 g/mol. The average Bonchev–Trinajstić information content (AvgIpc) is 3.39. The number of carbonyl (C=O) groups excluding carboxylic acids is 3. The maximum Gasteiger partial charge on any atom is 0.306 e. The first-order chi connectivity index (χ1) is 36.0. The third kappa shape index (κ3) is 58.6. The van der Waals surface area contributed by atoms with Crippen LogP contribution in [0.3, 0.4) is 0 Å². The first-order valence-corrected chi connectivity index (χ1v) is 30.0. The zero-order chi connectivity index (χ0) is 52.9. The number of hydrogen-bond donors (Lipinski definition) is 0. The quantitative estimate of drug-likeness (QED) is 0.0261. The number of rotatable bonds is 53. The van der Waals surface area contributed by atoms with Crippen LogP contribution in [0.15, 0.2) is 122 Å². The molecule has 0 fully saturated rings. The summed E-state index contributed by atoms with van der Waals surface area (Å²) in [6.45, 7) is 6.32. The van der Waals surface area contributed by atoms with Crippen LogP contribution >= 0.6 is 0 Å². The predicted octanol–water partition coefficient (Wildman–Crippen LogP) is 20.4. The van der Waals surface area contributed by atoms with Gasteiger partial charge in [0, 0.05) is 19.3 Å². The summed E-state index contributed by atoms with van der Waals surface area (Å²) in [6.07, 6.45) is 83.4. The summed E-state index contributed by atoms with van der Waals surface area (Å²) in [6, 6.07) is 0. The Bertz CT molecular complexity index is 1540. The van der Waals surface area contributed by atoms with Crippen molar-refractivity contribution in [2.75, 3.05) is 13.2 Å². The molecule has 0 rings (SSSR count). The van der Waals surface area contributed by atoms with Crippen molar-refractivity contribution in [3.05, 3.63) is 122 Å². The second-order valence-corrected chi connectivity index (χ2v) is 19.5. The van der Waals surface area contributed by atoms with Gasteiger partial charge in [-0.1, -0.05) is 245 Å². The van der Waals surface area contributed by atoms with E-state index in [-0.39, 0.29) is 31.1 Å². The fourth-order valence-corrected chi connectivity index (χ4v) is 7.99. The van der Waals surface area contributed by atoms with E-state index in [1.165, 1.54) is 70.6 Å². The molecule has 0 aliphatic carbocycles. The molecule has 0 aromatic rings. The molecule has 414 valence electrons. The lowest BCUT2D eigenvalue weighted by Gasteiger charge is -2.18. The Kier molecular flexibility index (Phi) is 56.9. The van der Waals surface area contributed by atoms with Gasteiger partial charge in [-0.15, -0.1) is 0 Å². The zero-order valence-electron chi connectivity index (χ0n) is 47.4. The standard InChI is InChI=1S/C67H110O6/c1-4-7-10-13-16-19-22-25-27-29-30-31-32-33-34-35-36-38-39-42-45-48-51-54-57-60-66(69)72-63-64(62-71-65(68)59-56-53-50-47-44-41-24-21-18-15-12-9-6-3)73-67(70)61-58-55-52-49-46-43-40-37-28-26-23-20-17-14-11-8-5-2/h7-8,10-12,15-17,19-21,24-28,30-31,40,43,64H,4-6,9,13-14,18,22-23,29,32-39,41-42,44-63H2,1-3H3/b10-7-,11-8-,15-12-,19-16-,20-17-,24-21-,27-25-,28-26-,31-30-,43-40-. The van der Waals surface area contributed by atoms with Gasteiger partial charge in [-0.2, -0.15) is 0 Å². The molecule has 0 radical (unpaired) electrons. The minimum Gasteiger partial charge on any atom is -0.462 e. The first-order valence-electron chi connectivity index (χ1n) is 30.0. The molecule has 73 heavy (non-hydrogen) atoms. The third-order valence-electron chi connectivity index (χ3n) is 12.4. The highest BCUT2D eigenvalue weighted by molar-refractivity contribution is 5.71. The van der Waals surface area contributed by atoms with E-state index in [4.69, 9.17) is 14.2 Å². The molecule has 0 amide bonds. The molecule has 0 aliphatic rings. The van der Waals surface area contributed by atoms with Crippen molar-refractivity contribution in [1.82, 2.24) is 0 Å². The minimum absolute atomic E-state index is 0.0958. The van der Waals surface area contributed by atoms with E-state index in [2.05, 4.69) is 142 Å². The Morgan fingerprint density at radius 3 is 0.836 bits per heavy atom. The van der Waals surface area contributed by atoms with Crippen LogP contribution in [0.4, 0.5) is 0 Å². The maximum absolute atomic E-state index is 12.9. The van der Waals surface area contributed by atoms with E-state index in [9.17, 15) is 14.4 Å². The topological polar surface area (TPSA) is 78.9 Å². The molecule has 0 saturated carbocycles. The van der Waals surface area contributed by atoms with Crippen molar-refractivity contribution < 1.29 is 28.6 Å². The maximum atomic E-state index is 12.9. The van der Waals surface area contributed by atoms with Crippen LogP contribution in [0.5, 0.6) is 0 Å². The molecule has 0 saturated heterocycles. The first kappa shape index (κ1) is 68.8. The van der Waals surface area contributed by atoms with Crippen molar-refractivity contribution in [2.24, 2.45) is 0 Å². The van der Waals surface area contributed by atoms with Gasteiger partial charge in [-0.05, 0) is 122 Å². The Morgan fingerprint density at radius 2 is 0.534 bits per heavy atom. The summed E-state index contributed by atoms with van der Waals surface area (Å²) >= 11 is 0. The Hall–Kier alpha value is -4.19. The third-order valence-corrected chi connectivity index (χ3v) is 12.4. The van der Waals surface area contributed by atoms with Crippen molar-refractivity contribution in [3.8, 4) is 0 Å². The van der Waals surface area contributed by atoms with E-state index in [0.29, 0.717) is 19.3 Å². The highest BCUT2D eigenvalue weighted by Gasteiger charge is 2.19. The van der Waals surface area contributed by atoms with Gasteiger partial charge in [0.15, 0.2) is 6.10 Å². The van der Waals surface area contributed by atoms with Gasteiger partial charge in [0.05, 0.1) is 0 Å². The molecule has 0 aromatic carbocycles. The number of hydrogen-bond acceptors (Lipinski definition) is 6. The summed E-state index contributed by atoms with van der Waals surface area (Å²) in [5, 5.41) is 0. The van der Waals surface area contributed by atoms with E-state index in [1.54, 1.807) is 0 Å². The highest BCUT2D eigenvalue weighted by atomic mass is 16.6. The number of allylic oxidation sites excluding steroid dienone is 20.